The van der Waals surface area contributed by atoms with Crippen LogP contribution in [0.3, 0.4) is 0 Å². The number of likely N-dealkylation sites (N-methyl/N-ethyl adjacent to an activating group) is 1. The van der Waals surface area contributed by atoms with Crippen molar-refractivity contribution in [3.63, 3.8) is 0 Å². The molecule has 0 heterocycles. The maximum Gasteiger partial charge on any atom is 0.267 e. The molecule has 0 saturated heterocycles. The van der Waals surface area contributed by atoms with Crippen molar-refractivity contribution in [3.8, 4) is 11.5 Å². The van der Waals surface area contributed by atoms with Crippen molar-refractivity contribution in [1.82, 2.24) is 0 Å². The maximum absolute atomic E-state index is 12.0. The molecule has 0 bridgehead atoms. The fourth-order valence-corrected chi connectivity index (χ4v) is 6.84. The average Bonchev–Trinajstić information content (AvgIpc) is 3.16. The van der Waals surface area contributed by atoms with Crippen molar-refractivity contribution in [2.45, 2.75) is 148 Å². The van der Waals surface area contributed by atoms with Crippen LogP contribution in [0.25, 0.3) is 0 Å². The molecule has 2 aromatic carbocycles. The van der Waals surface area contributed by atoms with Crippen molar-refractivity contribution in [2.75, 3.05) is 54.1 Å². The summed E-state index contributed by atoms with van der Waals surface area (Å²) in [4.78, 5) is 16.6. The van der Waals surface area contributed by atoms with Crippen molar-refractivity contribution >= 4 is 19.7 Å². The molecule has 0 aliphatic heterocycles. The molecule has 9 heteroatoms. The van der Waals surface area contributed by atoms with Gasteiger partial charge in [0.25, 0.3) is 7.82 Å². The van der Waals surface area contributed by atoms with E-state index in [9.17, 15) is 9.46 Å². The third-order valence-electron chi connectivity index (χ3n) is 9.57. The van der Waals surface area contributed by atoms with Gasteiger partial charge in [-0.25, -0.2) is 0 Å². The molecule has 1 atom stereocenters. The van der Waals surface area contributed by atoms with E-state index in [1.54, 1.807) is 0 Å². The topological polar surface area (TPSA) is 89.4 Å². The van der Waals surface area contributed by atoms with E-state index < -0.39 is 7.82 Å². The van der Waals surface area contributed by atoms with Crippen molar-refractivity contribution in [3.05, 3.63) is 66.2 Å². The summed E-state index contributed by atoms with van der Waals surface area (Å²) in [5.74, 6) is 1.74. The van der Waals surface area contributed by atoms with Gasteiger partial charge in [0.2, 0.25) is 0 Å². The third-order valence-corrected chi connectivity index (χ3v) is 10.6. The number of aliphatic imine (C=N–C) groups is 1. The van der Waals surface area contributed by atoms with E-state index in [1.165, 1.54) is 83.5 Å². The summed E-state index contributed by atoms with van der Waals surface area (Å²) in [5.41, 5.74) is 1.91. The highest BCUT2D eigenvalue weighted by molar-refractivity contribution is 7.45. The summed E-state index contributed by atoms with van der Waals surface area (Å²) in [6.07, 6.45) is 32.2. The number of hydrogen-bond donors (Lipinski definition) is 0. The largest absolute Gasteiger partial charge is 0.756 e. The molecule has 0 amide bonds. The SMILES string of the molecule is CCCCCCCC/C=C\CCCCCCCCOP(=O)([O-])OCCCCCCCCCCOc1ccc(C=Nc2ccc(OCC[N+](C)(C)C)cc2)cc1. The van der Waals surface area contributed by atoms with E-state index in [-0.39, 0.29) is 13.2 Å². The normalized spacial score (nSPS) is 13.2. The Hall–Kier alpha value is -2.48. The smallest absolute Gasteiger partial charge is 0.267 e. The van der Waals surface area contributed by atoms with Crippen LogP contribution < -0.4 is 14.4 Å². The van der Waals surface area contributed by atoms with Gasteiger partial charge in [-0.2, -0.15) is 0 Å². The van der Waals surface area contributed by atoms with E-state index in [4.69, 9.17) is 18.5 Å². The molecule has 0 aromatic heterocycles. The quantitative estimate of drug-likeness (QED) is 0.0225. The summed E-state index contributed by atoms with van der Waals surface area (Å²) in [6.45, 7) is 5.04. The molecule has 1 unspecified atom stereocenters. The Morgan fingerprint density at radius 3 is 1.47 bits per heavy atom. The summed E-state index contributed by atoms with van der Waals surface area (Å²) in [6, 6.07) is 15.9. The first-order valence-corrected chi connectivity index (χ1v) is 23.2. The second kappa shape index (κ2) is 31.6. The van der Waals surface area contributed by atoms with Crippen LogP contribution in [0.2, 0.25) is 0 Å². The maximum atomic E-state index is 12.0. The molecule has 2 rings (SSSR count). The zero-order valence-corrected chi connectivity index (χ0v) is 36.1. The molecule has 312 valence electrons. The monoisotopic (exact) mass is 785 g/mol. The Balaban J connectivity index is 1.35. The van der Waals surface area contributed by atoms with Crippen LogP contribution in [0.5, 0.6) is 11.5 Å². The fourth-order valence-electron chi connectivity index (χ4n) is 6.06. The molecular formula is C46H77N2O6P. The molecule has 0 spiro atoms. The molecule has 0 fully saturated rings. The number of allylic oxidation sites excluding steroid dienone is 2. The van der Waals surface area contributed by atoms with Gasteiger partial charge >= 0.3 is 0 Å². The van der Waals surface area contributed by atoms with Gasteiger partial charge in [0.15, 0.2) is 0 Å². The van der Waals surface area contributed by atoms with E-state index in [0.717, 1.165) is 91.6 Å². The minimum Gasteiger partial charge on any atom is -0.756 e. The summed E-state index contributed by atoms with van der Waals surface area (Å²) in [5, 5.41) is 0. The number of ether oxygens (including phenoxy) is 2. The van der Waals surface area contributed by atoms with Gasteiger partial charge < -0.3 is 27.9 Å². The Kier molecular flexibility index (Phi) is 28.0. The zero-order chi connectivity index (χ0) is 39.7. The molecule has 8 nitrogen and oxygen atoms in total. The molecule has 0 aliphatic rings. The lowest BCUT2D eigenvalue weighted by Crippen LogP contribution is -2.38. The lowest BCUT2D eigenvalue weighted by molar-refractivity contribution is -0.870. The number of benzene rings is 2. The third kappa shape index (κ3) is 29.4. The van der Waals surface area contributed by atoms with Crippen LogP contribution in [0.15, 0.2) is 65.7 Å². The lowest BCUT2D eigenvalue weighted by Gasteiger charge is -2.23. The fraction of sp³-hybridized carbons (Fsp3) is 0.674. The molecule has 0 N–H and O–H groups in total. The van der Waals surface area contributed by atoms with Gasteiger partial charge in [0.05, 0.1) is 46.7 Å². The molecule has 0 radical (unpaired) electrons. The second-order valence-electron chi connectivity index (χ2n) is 15.9. The second-order valence-corrected chi connectivity index (χ2v) is 17.3. The number of quaternary nitrogens is 1. The number of phosphoric acid groups is 1. The number of rotatable bonds is 36. The Labute approximate surface area is 336 Å². The molecular weight excluding hydrogens is 707 g/mol. The predicted molar refractivity (Wildman–Crippen MR) is 230 cm³/mol. The summed E-state index contributed by atoms with van der Waals surface area (Å²) >= 11 is 0. The number of unbranched alkanes of at least 4 members (excludes halogenated alkanes) is 19. The highest BCUT2D eigenvalue weighted by atomic mass is 31.2. The highest BCUT2D eigenvalue weighted by Crippen LogP contribution is 2.38. The number of hydrogen-bond acceptors (Lipinski definition) is 7. The van der Waals surface area contributed by atoms with Crippen LogP contribution in [-0.4, -0.2) is 64.8 Å². The Morgan fingerprint density at radius 1 is 0.564 bits per heavy atom. The molecule has 0 aliphatic carbocycles. The van der Waals surface area contributed by atoms with Gasteiger partial charge in [-0.15, -0.1) is 0 Å². The molecule has 55 heavy (non-hydrogen) atoms. The highest BCUT2D eigenvalue weighted by Gasteiger charge is 2.09. The minimum absolute atomic E-state index is 0.209. The van der Waals surface area contributed by atoms with E-state index in [0.29, 0.717) is 13.2 Å². The standard InChI is InChI=1S/C46H77N2O6P/c1-5-6-7-8-9-10-11-12-13-14-15-16-17-21-24-27-39-53-55(49,50)54-40-28-25-22-19-18-20-23-26-38-51-45-33-29-43(30-34-45)42-47-44-31-35-46(36-32-44)52-41-37-48(2,3)4/h12-13,29-36,42H,5-11,14-28,37-41H2,1-4H3/b13-12-,47-42?. The lowest BCUT2D eigenvalue weighted by atomic mass is 10.1. The molecule has 0 saturated carbocycles. The van der Waals surface area contributed by atoms with Gasteiger partial charge in [0, 0.05) is 6.21 Å². The van der Waals surface area contributed by atoms with E-state index >= 15 is 0 Å². The Bertz CT molecular complexity index is 1290. The summed E-state index contributed by atoms with van der Waals surface area (Å²) < 4.78 is 34.8. The summed E-state index contributed by atoms with van der Waals surface area (Å²) in [7, 11) is 2.28. The van der Waals surface area contributed by atoms with Crippen molar-refractivity contribution in [2.24, 2.45) is 4.99 Å². The van der Waals surface area contributed by atoms with Crippen LogP contribution in [-0.2, 0) is 13.6 Å². The van der Waals surface area contributed by atoms with E-state index in [1.807, 2.05) is 54.7 Å². The predicted octanol–water partition coefficient (Wildman–Crippen LogP) is 12.6. The average molecular weight is 785 g/mol. The van der Waals surface area contributed by atoms with Crippen molar-refractivity contribution < 1.29 is 32.5 Å². The first kappa shape index (κ1) is 48.7. The first-order chi connectivity index (χ1) is 26.7. The minimum atomic E-state index is -4.19. The Morgan fingerprint density at radius 2 is 0.982 bits per heavy atom. The number of phosphoric ester groups is 1. The van der Waals surface area contributed by atoms with Crippen LogP contribution in [0.4, 0.5) is 5.69 Å². The van der Waals surface area contributed by atoms with Crippen LogP contribution in [0.1, 0.15) is 154 Å². The molecule has 2 aromatic rings. The van der Waals surface area contributed by atoms with Gasteiger partial charge in [-0.05, 0) is 99.0 Å². The van der Waals surface area contributed by atoms with Gasteiger partial charge in [-0.1, -0.05) is 115 Å². The van der Waals surface area contributed by atoms with Crippen LogP contribution in [0, 0.1) is 0 Å². The van der Waals surface area contributed by atoms with Crippen molar-refractivity contribution in [1.29, 1.82) is 0 Å². The van der Waals surface area contributed by atoms with Gasteiger partial charge in [0.1, 0.15) is 24.7 Å². The zero-order valence-electron chi connectivity index (χ0n) is 35.2. The van der Waals surface area contributed by atoms with Gasteiger partial charge in [-0.3, -0.25) is 9.56 Å². The van der Waals surface area contributed by atoms with E-state index in [2.05, 4.69) is 45.2 Å². The first-order valence-electron chi connectivity index (χ1n) is 21.7. The number of nitrogens with zero attached hydrogens (tertiary/aromatic N) is 2. The van der Waals surface area contributed by atoms with Crippen LogP contribution >= 0.6 is 7.82 Å².